The second kappa shape index (κ2) is 5.88. The molecule has 0 bridgehead atoms. The molecule has 1 aliphatic carbocycles. The lowest BCUT2D eigenvalue weighted by Crippen LogP contribution is -2.36. The molecule has 2 rings (SSSR count). The van der Waals surface area contributed by atoms with Gasteiger partial charge in [0, 0.05) is 6.04 Å². The van der Waals surface area contributed by atoms with Gasteiger partial charge >= 0.3 is 0 Å². The molecule has 0 heterocycles. The van der Waals surface area contributed by atoms with Crippen molar-refractivity contribution in [1.29, 1.82) is 5.26 Å². The molecular weight excluding hydrogens is 224 g/mol. The number of rotatable bonds is 3. The van der Waals surface area contributed by atoms with Crippen molar-refractivity contribution in [3.8, 4) is 11.8 Å². The van der Waals surface area contributed by atoms with Crippen LogP contribution >= 0.6 is 0 Å². The summed E-state index contributed by atoms with van der Waals surface area (Å²) in [5.41, 5.74) is 0.961. The fraction of sp³-hybridized carbons (Fsp3) is 0.533. The molecule has 18 heavy (non-hydrogen) atoms. The molecule has 3 heteroatoms. The molecule has 0 saturated heterocycles. The lowest BCUT2D eigenvalue weighted by molar-refractivity contribution is 0.164. The van der Waals surface area contributed by atoms with Crippen LogP contribution in [0, 0.1) is 11.3 Å². The SMILES string of the molecule is CN(C1CCCCC1)C(C#N)c1ccc(O)cc1. The van der Waals surface area contributed by atoms with Crippen LogP contribution in [0.3, 0.4) is 0 Å². The van der Waals surface area contributed by atoms with Crippen LogP contribution in [-0.2, 0) is 0 Å². The largest absolute Gasteiger partial charge is 0.508 e. The zero-order valence-corrected chi connectivity index (χ0v) is 10.8. The summed E-state index contributed by atoms with van der Waals surface area (Å²) in [5, 5.41) is 18.7. The Bertz CT molecular complexity index is 415. The number of benzene rings is 1. The van der Waals surface area contributed by atoms with Crippen molar-refractivity contribution in [3.63, 3.8) is 0 Å². The van der Waals surface area contributed by atoms with Gasteiger partial charge in [-0.25, -0.2) is 0 Å². The van der Waals surface area contributed by atoms with Crippen molar-refractivity contribution in [3.05, 3.63) is 29.8 Å². The second-order valence-corrected chi connectivity index (χ2v) is 5.08. The Morgan fingerprint density at radius 2 is 1.83 bits per heavy atom. The molecule has 0 aromatic heterocycles. The Hall–Kier alpha value is -1.53. The van der Waals surface area contributed by atoms with Crippen LogP contribution in [0.2, 0.25) is 0 Å². The summed E-state index contributed by atoms with van der Waals surface area (Å²) >= 11 is 0. The van der Waals surface area contributed by atoms with E-state index in [4.69, 9.17) is 0 Å². The Morgan fingerprint density at radius 3 is 2.39 bits per heavy atom. The van der Waals surface area contributed by atoms with Gasteiger partial charge in [-0.05, 0) is 37.6 Å². The van der Waals surface area contributed by atoms with E-state index in [0.29, 0.717) is 6.04 Å². The highest BCUT2D eigenvalue weighted by molar-refractivity contribution is 5.30. The fourth-order valence-electron chi connectivity index (χ4n) is 2.76. The number of phenols is 1. The minimum Gasteiger partial charge on any atom is -0.508 e. The predicted octanol–water partition coefficient (Wildman–Crippen LogP) is 3.22. The van der Waals surface area contributed by atoms with E-state index in [1.54, 1.807) is 12.1 Å². The summed E-state index contributed by atoms with van der Waals surface area (Å²) in [5.74, 6) is 0.246. The summed E-state index contributed by atoms with van der Waals surface area (Å²) in [7, 11) is 2.04. The van der Waals surface area contributed by atoms with Crippen LogP contribution in [0.4, 0.5) is 0 Å². The normalized spacial score (nSPS) is 18.5. The molecule has 1 N–H and O–H groups in total. The Labute approximate surface area is 109 Å². The second-order valence-electron chi connectivity index (χ2n) is 5.08. The molecule has 1 atom stereocenters. The predicted molar refractivity (Wildman–Crippen MR) is 71.1 cm³/mol. The summed E-state index contributed by atoms with van der Waals surface area (Å²) < 4.78 is 0. The van der Waals surface area contributed by atoms with Gasteiger partial charge in [0.25, 0.3) is 0 Å². The van der Waals surface area contributed by atoms with Crippen LogP contribution in [0.1, 0.15) is 43.7 Å². The minimum atomic E-state index is -0.214. The van der Waals surface area contributed by atoms with E-state index in [-0.39, 0.29) is 11.8 Å². The molecule has 1 fully saturated rings. The quantitative estimate of drug-likeness (QED) is 0.888. The highest BCUT2D eigenvalue weighted by Gasteiger charge is 2.25. The third-order valence-corrected chi connectivity index (χ3v) is 3.89. The van der Waals surface area contributed by atoms with Crippen molar-refractivity contribution in [1.82, 2.24) is 4.90 Å². The number of hydrogen-bond donors (Lipinski definition) is 1. The van der Waals surface area contributed by atoms with Crippen molar-refractivity contribution >= 4 is 0 Å². The number of hydrogen-bond acceptors (Lipinski definition) is 3. The van der Waals surface area contributed by atoms with Crippen molar-refractivity contribution in [2.45, 2.75) is 44.2 Å². The molecule has 1 aromatic rings. The maximum Gasteiger partial charge on any atom is 0.123 e. The van der Waals surface area contributed by atoms with Gasteiger partial charge in [0.1, 0.15) is 11.8 Å². The van der Waals surface area contributed by atoms with E-state index in [1.807, 2.05) is 19.2 Å². The van der Waals surface area contributed by atoms with Gasteiger partial charge in [0.15, 0.2) is 0 Å². The lowest BCUT2D eigenvalue weighted by atomic mass is 9.92. The van der Waals surface area contributed by atoms with Crippen molar-refractivity contribution < 1.29 is 5.11 Å². The average molecular weight is 244 g/mol. The van der Waals surface area contributed by atoms with Gasteiger partial charge in [0.2, 0.25) is 0 Å². The average Bonchev–Trinajstić information content (AvgIpc) is 2.42. The first-order valence-electron chi connectivity index (χ1n) is 6.63. The van der Waals surface area contributed by atoms with Gasteiger partial charge in [-0.15, -0.1) is 0 Å². The summed E-state index contributed by atoms with van der Waals surface area (Å²) in [6.45, 7) is 0. The first-order chi connectivity index (χ1) is 8.72. The number of aromatic hydroxyl groups is 1. The van der Waals surface area contributed by atoms with E-state index >= 15 is 0 Å². The van der Waals surface area contributed by atoms with Crippen LogP contribution in [0.15, 0.2) is 24.3 Å². The topological polar surface area (TPSA) is 47.3 Å². The van der Waals surface area contributed by atoms with Crippen LogP contribution in [0.5, 0.6) is 5.75 Å². The first-order valence-corrected chi connectivity index (χ1v) is 6.63. The smallest absolute Gasteiger partial charge is 0.123 e. The molecule has 1 aliphatic rings. The number of phenolic OH excluding ortho intramolecular Hbond substituents is 1. The molecule has 0 radical (unpaired) electrons. The molecule has 0 amide bonds. The highest BCUT2D eigenvalue weighted by atomic mass is 16.3. The number of nitrogens with zero attached hydrogens (tertiary/aromatic N) is 2. The molecule has 96 valence electrons. The van der Waals surface area contributed by atoms with Gasteiger partial charge in [-0.2, -0.15) is 5.26 Å². The first kappa shape index (κ1) is 12.9. The van der Waals surface area contributed by atoms with Gasteiger partial charge in [-0.3, -0.25) is 4.90 Å². The fourth-order valence-corrected chi connectivity index (χ4v) is 2.76. The standard InChI is InChI=1S/C15H20N2O/c1-17(13-5-3-2-4-6-13)15(11-16)12-7-9-14(18)10-8-12/h7-10,13,15,18H,2-6H2,1H3. The van der Waals surface area contributed by atoms with E-state index in [2.05, 4.69) is 11.0 Å². The van der Waals surface area contributed by atoms with Crippen molar-refractivity contribution in [2.24, 2.45) is 0 Å². The Morgan fingerprint density at radius 1 is 1.22 bits per heavy atom. The van der Waals surface area contributed by atoms with Crippen LogP contribution < -0.4 is 0 Å². The summed E-state index contributed by atoms with van der Waals surface area (Å²) in [6, 6.07) is 9.64. The van der Waals surface area contributed by atoms with E-state index < -0.39 is 0 Å². The lowest BCUT2D eigenvalue weighted by Gasteiger charge is -2.34. The molecule has 1 saturated carbocycles. The van der Waals surface area contributed by atoms with Crippen LogP contribution in [0.25, 0.3) is 0 Å². The Balaban J connectivity index is 2.12. The molecule has 1 aromatic carbocycles. The monoisotopic (exact) mass is 244 g/mol. The summed E-state index contributed by atoms with van der Waals surface area (Å²) in [6.07, 6.45) is 6.23. The Kier molecular flexibility index (Phi) is 4.22. The molecular formula is C15H20N2O. The highest BCUT2D eigenvalue weighted by Crippen LogP contribution is 2.29. The maximum absolute atomic E-state index is 9.40. The molecule has 3 nitrogen and oxygen atoms in total. The van der Waals surface area contributed by atoms with Gasteiger partial charge in [-0.1, -0.05) is 31.4 Å². The molecule has 1 unspecified atom stereocenters. The molecule has 0 spiro atoms. The third-order valence-electron chi connectivity index (χ3n) is 3.89. The maximum atomic E-state index is 9.40. The van der Waals surface area contributed by atoms with E-state index in [9.17, 15) is 10.4 Å². The van der Waals surface area contributed by atoms with Crippen LogP contribution in [-0.4, -0.2) is 23.1 Å². The summed E-state index contributed by atoms with van der Waals surface area (Å²) in [4.78, 5) is 2.19. The van der Waals surface area contributed by atoms with Gasteiger partial charge in [0.05, 0.1) is 6.07 Å². The third kappa shape index (κ3) is 2.83. The zero-order valence-electron chi connectivity index (χ0n) is 10.8. The minimum absolute atomic E-state index is 0.214. The van der Waals surface area contributed by atoms with E-state index in [0.717, 1.165) is 5.56 Å². The zero-order chi connectivity index (χ0) is 13.0. The van der Waals surface area contributed by atoms with E-state index in [1.165, 1.54) is 32.1 Å². The number of nitriles is 1. The molecule has 0 aliphatic heterocycles. The van der Waals surface area contributed by atoms with Gasteiger partial charge < -0.3 is 5.11 Å². The van der Waals surface area contributed by atoms with Crippen molar-refractivity contribution in [2.75, 3.05) is 7.05 Å².